The molecule has 0 aliphatic heterocycles. The first kappa shape index (κ1) is 31.3. The van der Waals surface area contributed by atoms with Gasteiger partial charge in [-0.15, -0.1) is 0 Å². The van der Waals surface area contributed by atoms with Crippen LogP contribution in [0.15, 0.2) is 170 Å². The summed E-state index contributed by atoms with van der Waals surface area (Å²) in [5, 5.41) is 0. The highest BCUT2D eigenvalue weighted by atomic mass is 14.5. The molecule has 0 N–H and O–H groups in total. The molecule has 0 aromatic heterocycles. The van der Waals surface area contributed by atoms with Gasteiger partial charge in [-0.3, -0.25) is 0 Å². The smallest absolute Gasteiger partial charge is 0.0153 e. The van der Waals surface area contributed by atoms with E-state index in [4.69, 9.17) is 0 Å². The predicted octanol–water partition coefficient (Wildman–Crippen LogP) is 14.6. The van der Waals surface area contributed by atoms with Gasteiger partial charge in [0.15, 0.2) is 0 Å². The van der Waals surface area contributed by atoms with Crippen LogP contribution in [-0.4, -0.2) is 0 Å². The Morgan fingerprint density at radius 2 is 0.333 bits per heavy atom. The average Bonchev–Trinajstić information content (AvgIpc) is 3.21. The van der Waals surface area contributed by atoms with E-state index in [0.29, 0.717) is 0 Å². The summed E-state index contributed by atoms with van der Waals surface area (Å²) >= 11 is 0. The van der Waals surface area contributed by atoms with E-state index in [1.165, 1.54) is 111 Å². The topological polar surface area (TPSA) is 0 Å². The Labute approximate surface area is 318 Å². The van der Waals surface area contributed by atoms with E-state index in [0.717, 1.165) is 0 Å². The maximum Gasteiger partial charge on any atom is 0.0153 e. The van der Waals surface area contributed by atoms with E-state index in [9.17, 15) is 0 Å². The highest BCUT2D eigenvalue weighted by Gasteiger charge is 2.44. The number of rotatable bonds is 0. The SMILES string of the molecule is CC1(C)c2cc3c(cc2C(C)(C)c2cc4c(cc21)-c1ccccc1-c1ccccc1-c1ccccc1-4)-c1ccccc1-c1ccccc1-c1ccccc1-3. The molecule has 0 saturated heterocycles. The first-order valence-electron chi connectivity index (χ1n) is 19.3. The Morgan fingerprint density at radius 3 is 0.481 bits per heavy atom. The third kappa shape index (κ3) is 4.20. The standard InChI is InChI=1S/C54H40/c1-53(2)49-29-45-41-25-13-9-21-37(41)33-17-5-7-19-35(33)39-23-11-15-27-43(39)47(45)31-51(49)54(3,4)52-32-48-44-28-16-12-24-40(44)36-20-8-6-18-34(36)38-22-10-14-26-42(38)46(48)30-50(52)53/h5-32H,1-4H3. The van der Waals surface area contributed by atoms with Crippen molar-refractivity contribution < 1.29 is 0 Å². The number of hydrogen-bond donors (Lipinski definition) is 0. The first-order chi connectivity index (χ1) is 26.3. The zero-order chi connectivity index (χ0) is 36.3. The summed E-state index contributed by atoms with van der Waals surface area (Å²) in [4.78, 5) is 0. The van der Waals surface area contributed by atoms with Crippen LogP contribution in [0.1, 0.15) is 49.9 Å². The lowest BCUT2D eigenvalue weighted by Crippen LogP contribution is -2.37. The van der Waals surface area contributed by atoms with Crippen molar-refractivity contribution in [1.82, 2.24) is 0 Å². The fourth-order valence-corrected chi connectivity index (χ4v) is 10.2. The molecule has 0 spiro atoms. The van der Waals surface area contributed by atoms with Crippen molar-refractivity contribution in [2.24, 2.45) is 0 Å². The predicted molar refractivity (Wildman–Crippen MR) is 228 cm³/mol. The van der Waals surface area contributed by atoms with Crippen LogP contribution in [0.3, 0.4) is 0 Å². The quantitative estimate of drug-likeness (QED) is 0.149. The van der Waals surface area contributed by atoms with Crippen molar-refractivity contribution in [3.8, 4) is 89.0 Å². The normalized spacial score (nSPS) is 14.6. The summed E-state index contributed by atoms with van der Waals surface area (Å²) in [6.45, 7) is 9.81. The van der Waals surface area contributed by atoms with Gasteiger partial charge in [0.05, 0.1) is 0 Å². The molecular formula is C54H40. The van der Waals surface area contributed by atoms with Crippen LogP contribution in [-0.2, 0) is 10.8 Å². The molecule has 0 bridgehead atoms. The fraction of sp³-hybridized carbons (Fsp3) is 0.111. The molecule has 0 atom stereocenters. The van der Waals surface area contributed by atoms with Crippen LogP contribution in [0.5, 0.6) is 0 Å². The summed E-state index contributed by atoms with van der Waals surface area (Å²) < 4.78 is 0. The maximum atomic E-state index is 2.56. The maximum absolute atomic E-state index is 2.56. The molecule has 0 saturated carbocycles. The highest BCUT2D eigenvalue weighted by molar-refractivity contribution is 6.05. The Bertz CT molecular complexity index is 2490. The van der Waals surface area contributed by atoms with Gasteiger partial charge in [0, 0.05) is 10.8 Å². The molecule has 0 amide bonds. The minimum absolute atomic E-state index is 0.256. The lowest BCUT2D eigenvalue weighted by molar-refractivity contribution is 0.521. The van der Waals surface area contributed by atoms with Gasteiger partial charge in [-0.2, -0.15) is 0 Å². The molecule has 8 aromatic rings. The summed E-state index contributed by atoms with van der Waals surface area (Å²) in [5.74, 6) is 0. The second-order valence-electron chi connectivity index (χ2n) is 16.4. The van der Waals surface area contributed by atoms with E-state index < -0.39 is 0 Å². The van der Waals surface area contributed by atoms with Crippen LogP contribution >= 0.6 is 0 Å². The molecule has 0 heteroatoms. The van der Waals surface area contributed by atoms with Crippen molar-refractivity contribution >= 4 is 0 Å². The Balaban J connectivity index is 1.22. The van der Waals surface area contributed by atoms with Crippen LogP contribution in [0, 0.1) is 0 Å². The third-order valence-electron chi connectivity index (χ3n) is 12.9. The lowest BCUT2D eigenvalue weighted by atomic mass is 9.58. The summed E-state index contributed by atoms with van der Waals surface area (Å²) in [6.07, 6.45) is 0. The van der Waals surface area contributed by atoms with Crippen molar-refractivity contribution in [2.45, 2.75) is 38.5 Å². The van der Waals surface area contributed by atoms with Crippen LogP contribution in [0.2, 0.25) is 0 Å². The average molecular weight is 689 g/mol. The lowest BCUT2D eigenvalue weighted by Gasteiger charge is -2.45. The van der Waals surface area contributed by atoms with Gasteiger partial charge in [0.25, 0.3) is 0 Å². The molecule has 11 rings (SSSR count). The molecule has 0 unspecified atom stereocenters. The van der Waals surface area contributed by atoms with Gasteiger partial charge < -0.3 is 0 Å². The first-order valence-corrected chi connectivity index (χ1v) is 19.3. The summed E-state index contributed by atoms with van der Waals surface area (Å²) in [5.41, 5.74) is 25.8. The highest BCUT2D eigenvalue weighted by Crippen LogP contribution is 2.57. The number of benzene rings is 8. The minimum atomic E-state index is -0.256. The second kappa shape index (κ2) is 11.1. The Kier molecular flexibility index (Phi) is 6.46. The van der Waals surface area contributed by atoms with E-state index >= 15 is 0 Å². The van der Waals surface area contributed by atoms with E-state index in [2.05, 4.69) is 198 Å². The van der Waals surface area contributed by atoms with E-state index in [-0.39, 0.29) is 10.8 Å². The Hall–Kier alpha value is -6.24. The fourth-order valence-electron chi connectivity index (χ4n) is 10.2. The molecule has 256 valence electrons. The molecular weight excluding hydrogens is 649 g/mol. The van der Waals surface area contributed by atoms with Gasteiger partial charge in [-0.1, -0.05) is 173 Å². The van der Waals surface area contributed by atoms with Crippen LogP contribution in [0.25, 0.3) is 89.0 Å². The molecule has 0 heterocycles. The molecule has 0 nitrogen and oxygen atoms in total. The van der Waals surface area contributed by atoms with Gasteiger partial charge in [-0.05, 0) is 136 Å². The molecule has 8 aromatic carbocycles. The molecule has 0 fully saturated rings. The van der Waals surface area contributed by atoms with Crippen molar-refractivity contribution in [3.63, 3.8) is 0 Å². The zero-order valence-electron chi connectivity index (χ0n) is 31.2. The van der Waals surface area contributed by atoms with Gasteiger partial charge in [0.1, 0.15) is 0 Å². The summed E-state index contributed by atoms with van der Waals surface area (Å²) in [7, 11) is 0. The zero-order valence-corrected chi connectivity index (χ0v) is 31.2. The van der Waals surface area contributed by atoms with E-state index in [1.54, 1.807) is 0 Å². The van der Waals surface area contributed by atoms with Gasteiger partial charge in [-0.25, -0.2) is 0 Å². The van der Waals surface area contributed by atoms with E-state index in [1.807, 2.05) is 0 Å². The number of hydrogen-bond acceptors (Lipinski definition) is 0. The molecule has 3 aliphatic carbocycles. The van der Waals surface area contributed by atoms with Crippen molar-refractivity contribution in [1.29, 1.82) is 0 Å². The van der Waals surface area contributed by atoms with Gasteiger partial charge in [0.2, 0.25) is 0 Å². The Morgan fingerprint density at radius 1 is 0.204 bits per heavy atom. The monoisotopic (exact) mass is 688 g/mol. The molecule has 54 heavy (non-hydrogen) atoms. The largest absolute Gasteiger partial charge is 0.0616 e. The number of fused-ring (bicyclic) bond motifs is 18. The summed E-state index contributed by atoms with van der Waals surface area (Å²) in [6, 6.07) is 64.2. The van der Waals surface area contributed by atoms with Gasteiger partial charge >= 0.3 is 0 Å². The second-order valence-corrected chi connectivity index (χ2v) is 16.4. The van der Waals surface area contributed by atoms with Crippen molar-refractivity contribution in [3.05, 3.63) is 192 Å². The van der Waals surface area contributed by atoms with Crippen LogP contribution < -0.4 is 0 Å². The third-order valence-corrected chi connectivity index (χ3v) is 12.9. The minimum Gasteiger partial charge on any atom is -0.0616 e. The molecule has 0 radical (unpaired) electrons. The van der Waals surface area contributed by atoms with Crippen molar-refractivity contribution in [2.75, 3.05) is 0 Å². The molecule has 3 aliphatic rings. The van der Waals surface area contributed by atoms with Crippen LogP contribution in [0.4, 0.5) is 0 Å².